The van der Waals surface area contributed by atoms with Gasteiger partial charge in [-0.3, -0.25) is 10.1 Å². The molecule has 7 nitrogen and oxygen atoms in total. The molecule has 0 spiro atoms. The summed E-state index contributed by atoms with van der Waals surface area (Å²) in [5.74, 6) is -0.353. The van der Waals surface area contributed by atoms with Gasteiger partial charge in [-0.2, -0.15) is 0 Å². The molecule has 0 heterocycles. The first kappa shape index (κ1) is 16.8. The molecule has 0 aliphatic heterocycles. The summed E-state index contributed by atoms with van der Waals surface area (Å²) in [5, 5.41) is 18.8. The molecule has 0 radical (unpaired) electrons. The van der Waals surface area contributed by atoms with Crippen molar-refractivity contribution in [3.8, 4) is 0 Å². The van der Waals surface area contributed by atoms with E-state index in [0.29, 0.717) is 12.0 Å². The predicted molar refractivity (Wildman–Crippen MR) is 83.1 cm³/mol. The number of nitrogens with one attached hydrogen (secondary N) is 1. The standard InChI is InChI=1S/C14H14FN3O4S/c15-12-4-2-1-3-10(12)7-8-17-13-6-5-11(23(16,21)22)9-14(13)18(19)20/h1-6,9,17H,7-8H2,(H2,16,21,22). The van der Waals surface area contributed by atoms with E-state index in [2.05, 4.69) is 5.32 Å². The van der Waals surface area contributed by atoms with Crippen LogP contribution in [-0.2, 0) is 16.4 Å². The molecule has 0 aliphatic rings. The quantitative estimate of drug-likeness (QED) is 0.617. The summed E-state index contributed by atoms with van der Waals surface area (Å²) in [6.45, 7) is 0.247. The molecule has 0 atom stereocenters. The van der Waals surface area contributed by atoms with Gasteiger partial charge in [0.1, 0.15) is 11.5 Å². The average Bonchev–Trinajstić information content (AvgIpc) is 2.48. The zero-order valence-electron chi connectivity index (χ0n) is 11.9. The minimum Gasteiger partial charge on any atom is -0.379 e. The predicted octanol–water partition coefficient (Wildman–Crippen LogP) is 2.04. The van der Waals surface area contributed by atoms with Crippen molar-refractivity contribution in [3.05, 3.63) is 64.0 Å². The fourth-order valence-corrected chi connectivity index (χ4v) is 2.56. The number of rotatable bonds is 6. The van der Waals surface area contributed by atoms with E-state index in [0.717, 1.165) is 6.07 Å². The van der Waals surface area contributed by atoms with Crippen molar-refractivity contribution in [1.82, 2.24) is 0 Å². The molecule has 2 aromatic rings. The number of hydrogen-bond donors (Lipinski definition) is 2. The molecule has 0 bridgehead atoms. The molecule has 23 heavy (non-hydrogen) atoms. The highest BCUT2D eigenvalue weighted by molar-refractivity contribution is 7.89. The Labute approximate surface area is 132 Å². The monoisotopic (exact) mass is 339 g/mol. The van der Waals surface area contributed by atoms with Crippen LogP contribution in [0.5, 0.6) is 0 Å². The number of nitro groups is 1. The maximum Gasteiger partial charge on any atom is 0.293 e. The summed E-state index contributed by atoms with van der Waals surface area (Å²) < 4.78 is 36.0. The van der Waals surface area contributed by atoms with Crippen molar-refractivity contribution < 1.29 is 17.7 Å². The summed E-state index contributed by atoms with van der Waals surface area (Å²) in [6, 6.07) is 9.55. The van der Waals surface area contributed by atoms with E-state index in [4.69, 9.17) is 5.14 Å². The van der Waals surface area contributed by atoms with Gasteiger partial charge >= 0.3 is 0 Å². The molecule has 9 heteroatoms. The topological polar surface area (TPSA) is 115 Å². The van der Waals surface area contributed by atoms with Crippen LogP contribution < -0.4 is 10.5 Å². The van der Waals surface area contributed by atoms with E-state index < -0.39 is 20.6 Å². The van der Waals surface area contributed by atoms with E-state index in [9.17, 15) is 22.9 Å². The van der Waals surface area contributed by atoms with E-state index in [1.807, 2.05) is 0 Å². The molecule has 3 N–H and O–H groups in total. The Morgan fingerprint density at radius 2 is 1.91 bits per heavy atom. The molecule has 122 valence electrons. The van der Waals surface area contributed by atoms with Crippen LogP contribution in [0.25, 0.3) is 0 Å². The van der Waals surface area contributed by atoms with Gasteiger partial charge in [0.25, 0.3) is 5.69 Å². The minimum absolute atomic E-state index is 0.138. The molecule has 0 aliphatic carbocycles. The molecule has 2 rings (SSSR count). The molecule has 0 unspecified atom stereocenters. The number of benzene rings is 2. The Balaban J connectivity index is 2.17. The van der Waals surface area contributed by atoms with Crippen LogP contribution in [0.4, 0.5) is 15.8 Å². The zero-order valence-corrected chi connectivity index (χ0v) is 12.7. The Kier molecular flexibility index (Phi) is 4.92. The van der Waals surface area contributed by atoms with Crippen molar-refractivity contribution in [2.45, 2.75) is 11.3 Å². The number of sulfonamides is 1. The van der Waals surface area contributed by atoms with Crippen molar-refractivity contribution in [3.63, 3.8) is 0 Å². The fraction of sp³-hybridized carbons (Fsp3) is 0.143. The lowest BCUT2D eigenvalue weighted by Gasteiger charge is -2.09. The van der Waals surface area contributed by atoms with Crippen LogP contribution in [0.1, 0.15) is 5.56 Å². The van der Waals surface area contributed by atoms with Gasteiger partial charge < -0.3 is 5.32 Å². The van der Waals surface area contributed by atoms with Gasteiger partial charge in [0.05, 0.1) is 9.82 Å². The fourth-order valence-electron chi connectivity index (χ4n) is 2.02. The van der Waals surface area contributed by atoms with Gasteiger partial charge in [-0.05, 0) is 30.2 Å². The number of halogens is 1. The summed E-state index contributed by atoms with van der Waals surface area (Å²) in [5.41, 5.74) is 0.201. The van der Waals surface area contributed by atoms with Gasteiger partial charge in [0.2, 0.25) is 10.0 Å². The highest BCUT2D eigenvalue weighted by Crippen LogP contribution is 2.27. The minimum atomic E-state index is -4.03. The van der Waals surface area contributed by atoms with Crippen molar-refractivity contribution in [1.29, 1.82) is 0 Å². The third-order valence-corrected chi connectivity index (χ3v) is 4.07. The van der Waals surface area contributed by atoms with Crippen LogP contribution in [-0.4, -0.2) is 19.9 Å². The summed E-state index contributed by atoms with van der Waals surface area (Å²) in [6.07, 6.45) is 0.320. The molecular formula is C14H14FN3O4S. The summed E-state index contributed by atoms with van der Waals surface area (Å²) in [4.78, 5) is 10.0. The lowest BCUT2D eigenvalue weighted by atomic mass is 10.1. The van der Waals surface area contributed by atoms with Crippen LogP contribution in [0.2, 0.25) is 0 Å². The molecule has 0 saturated carbocycles. The summed E-state index contributed by atoms with van der Waals surface area (Å²) >= 11 is 0. The van der Waals surface area contributed by atoms with Crippen molar-refractivity contribution in [2.24, 2.45) is 5.14 Å². The van der Waals surface area contributed by atoms with Crippen molar-refractivity contribution in [2.75, 3.05) is 11.9 Å². The third kappa shape index (κ3) is 4.24. The van der Waals surface area contributed by atoms with Gasteiger partial charge in [0.15, 0.2) is 0 Å². The first-order valence-corrected chi connectivity index (χ1v) is 8.12. The van der Waals surface area contributed by atoms with Crippen LogP contribution in [0.3, 0.4) is 0 Å². The maximum absolute atomic E-state index is 13.5. The van der Waals surface area contributed by atoms with Crippen LogP contribution in [0, 0.1) is 15.9 Å². The second kappa shape index (κ2) is 6.71. The zero-order chi connectivity index (χ0) is 17.0. The first-order valence-electron chi connectivity index (χ1n) is 6.57. The molecule has 0 fully saturated rings. The number of anilines is 1. The Bertz CT molecular complexity index is 840. The number of hydrogen-bond acceptors (Lipinski definition) is 5. The molecular weight excluding hydrogens is 325 g/mol. The Hall–Kier alpha value is -2.52. The number of nitro benzene ring substituents is 1. The Morgan fingerprint density at radius 1 is 1.22 bits per heavy atom. The van der Waals surface area contributed by atoms with Gasteiger partial charge in [0, 0.05) is 12.6 Å². The highest BCUT2D eigenvalue weighted by atomic mass is 32.2. The highest BCUT2D eigenvalue weighted by Gasteiger charge is 2.18. The molecule has 0 saturated heterocycles. The van der Waals surface area contributed by atoms with E-state index in [1.54, 1.807) is 18.2 Å². The van der Waals surface area contributed by atoms with Gasteiger partial charge in [-0.1, -0.05) is 18.2 Å². The smallest absolute Gasteiger partial charge is 0.293 e. The lowest BCUT2D eigenvalue weighted by Crippen LogP contribution is -2.13. The number of primary sulfonamides is 1. The molecule has 0 amide bonds. The summed E-state index contributed by atoms with van der Waals surface area (Å²) in [7, 11) is -4.03. The lowest BCUT2D eigenvalue weighted by molar-refractivity contribution is -0.384. The Morgan fingerprint density at radius 3 is 2.52 bits per heavy atom. The second-order valence-electron chi connectivity index (χ2n) is 4.75. The normalized spacial score (nSPS) is 11.2. The van der Waals surface area contributed by atoms with E-state index in [-0.39, 0.29) is 22.9 Å². The van der Waals surface area contributed by atoms with E-state index in [1.165, 1.54) is 18.2 Å². The van der Waals surface area contributed by atoms with E-state index >= 15 is 0 Å². The second-order valence-corrected chi connectivity index (χ2v) is 6.31. The SMILES string of the molecule is NS(=O)(=O)c1ccc(NCCc2ccccc2F)c([N+](=O)[O-])c1. The molecule has 0 aromatic heterocycles. The maximum atomic E-state index is 13.5. The largest absolute Gasteiger partial charge is 0.379 e. The molecule has 2 aromatic carbocycles. The first-order chi connectivity index (χ1) is 10.8. The third-order valence-electron chi connectivity index (χ3n) is 3.16. The van der Waals surface area contributed by atoms with Crippen molar-refractivity contribution >= 4 is 21.4 Å². The average molecular weight is 339 g/mol. The number of nitrogens with zero attached hydrogens (tertiary/aromatic N) is 1. The van der Waals surface area contributed by atoms with Gasteiger partial charge in [-0.15, -0.1) is 0 Å². The van der Waals surface area contributed by atoms with Crippen LogP contribution >= 0.6 is 0 Å². The van der Waals surface area contributed by atoms with Gasteiger partial charge in [-0.25, -0.2) is 17.9 Å². The van der Waals surface area contributed by atoms with Crippen LogP contribution in [0.15, 0.2) is 47.4 Å². The number of nitrogens with two attached hydrogens (primary N) is 1.